The summed E-state index contributed by atoms with van der Waals surface area (Å²) in [5.41, 5.74) is 4.95. The van der Waals surface area contributed by atoms with Crippen LogP contribution in [0.25, 0.3) is 0 Å². The Labute approximate surface area is 86.0 Å². The van der Waals surface area contributed by atoms with Crippen molar-refractivity contribution in [3.05, 3.63) is 0 Å². The molecule has 2 atom stereocenters. The molecule has 2 N–H and O–H groups in total. The number of rotatable bonds is 5. The fourth-order valence-electron chi connectivity index (χ4n) is 1.32. The average molecular weight is 197 g/mol. The molecule has 80 valence electrons. The molecule has 0 heterocycles. The summed E-state index contributed by atoms with van der Waals surface area (Å²) in [7, 11) is 0. The molecule has 2 unspecified atom stereocenters. The molecule has 0 aliphatic rings. The summed E-state index contributed by atoms with van der Waals surface area (Å²) in [6, 6.07) is 0. The Morgan fingerprint density at radius 2 is 2.21 bits per heavy atom. The van der Waals surface area contributed by atoms with Gasteiger partial charge in [-0.15, -0.1) is 12.3 Å². The van der Waals surface area contributed by atoms with E-state index in [9.17, 15) is 4.79 Å². The van der Waals surface area contributed by atoms with Crippen molar-refractivity contribution in [3.8, 4) is 12.3 Å². The molecule has 0 aliphatic carbocycles. The maximum Gasteiger partial charge on any atom is 0.327 e. The minimum absolute atomic E-state index is 0.304. The van der Waals surface area contributed by atoms with E-state index >= 15 is 0 Å². The zero-order chi connectivity index (χ0) is 11.2. The molecule has 3 nitrogen and oxygen atoms in total. The number of carbonyl (C=O) groups excluding carboxylic acids is 1. The smallest absolute Gasteiger partial charge is 0.327 e. The van der Waals surface area contributed by atoms with Gasteiger partial charge in [-0.2, -0.15) is 0 Å². The lowest BCUT2D eigenvalue weighted by atomic mass is 9.83. The number of carbonyl (C=O) groups is 1. The molecule has 0 fully saturated rings. The molecule has 0 bridgehead atoms. The molecule has 0 spiro atoms. The largest absolute Gasteiger partial charge is 0.465 e. The lowest BCUT2D eigenvalue weighted by Crippen LogP contribution is -2.53. The van der Waals surface area contributed by atoms with Crippen LogP contribution in [0, 0.1) is 18.3 Å². The van der Waals surface area contributed by atoms with Crippen LogP contribution in [0.2, 0.25) is 0 Å². The second kappa shape index (κ2) is 5.66. The Hall–Kier alpha value is -1.01. The predicted octanol–water partition coefficient (Wildman–Crippen LogP) is 1.32. The molecule has 3 heteroatoms. The van der Waals surface area contributed by atoms with Gasteiger partial charge in [0, 0.05) is 5.92 Å². The Balaban J connectivity index is 4.71. The summed E-state index contributed by atoms with van der Waals surface area (Å²) in [5, 5.41) is 0. The molecular weight excluding hydrogens is 178 g/mol. The third-order valence-electron chi connectivity index (χ3n) is 2.34. The van der Waals surface area contributed by atoms with Gasteiger partial charge < -0.3 is 10.5 Å². The average Bonchev–Trinajstić information content (AvgIpc) is 2.17. The number of esters is 1. The first-order chi connectivity index (χ1) is 6.52. The molecule has 0 aromatic heterocycles. The Morgan fingerprint density at radius 1 is 1.64 bits per heavy atom. The first-order valence-electron chi connectivity index (χ1n) is 4.95. The third-order valence-corrected chi connectivity index (χ3v) is 2.34. The lowest BCUT2D eigenvalue weighted by molar-refractivity contribution is -0.151. The van der Waals surface area contributed by atoms with E-state index in [0.717, 1.165) is 6.42 Å². The van der Waals surface area contributed by atoms with Crippen molar-refractivity contribution in [3.63, 3.8) is 0 Å². The van der Waals surface area contributed by atoms with E-state index in [-0.39, 0.29) is 5.92 Å². The highest BCUT2D eigenvalue weighted by Crippen LogP contribution is 2.21. The fourth-order valence-corrected chi connectivity index (χ4v) is 1.32. The lowest BCUT2D eigenvalue weighted by Gasteiger charge is -2.29. The van der Waals surface area contributed by atoms with Gasteiger partial charge in [0.25, 0.3) is 0 Å². The maximum absolute atomic E-state index is 11.6. The van der Waals surface area contributed by atoms with Crippen molar-refractivity contribution < 1.29 is 9.53 Å². The van der Waals surface area contributed by atoms with Crippen LogP contribution in [-0.4, -0.2) is 18.1 Å². The van der Waals surface area contributed by atoms with Crippen LogP contribution in [0.1, 0.15) is 33.6 Å². The molecule has 0 saturated heterocycles. The predicted molar refractivity (Wildman–Crippen MR) is 56.5 cm³/mol. The molecule has 0 aromatic rings. The van der Waals surface area contributed by atoms with Gasteiger partial charge in [-0.25, -0.2) is 0 Å². The highest BCUT2D eigenvalue weighted by atomic mass is 16.5. The highest BCUT2D eigenvalue weighted by molar-refractivity contribution is 5.81. The molecule has 14 heavy (non-hydrogen) atoms. The van der Waals surface area contributed by atoms with Crippen molar-refractivity contribution in [1.82, 2.24) is 0 Å². The minimum atomic E-state index is -1.03. The monoisotopic (exact) mass is 197 g/mol. The van der Waals surface area contributed by atoms with E-state index in [1.807, 2.05) is 6.92 Å². The normalized spacial score (nSPS) is 16.5. The number of nitrogens with two attached hydrogens (primary N) is 1. The van der Waals surface area contributed by atoms with Gasteiger partial charge >= 0.3 is 5.97 Å². The van der Waals surface area contributed by atoms with E-state index in [1.165, 1.54) is 0 Å². The van der Waals surface area contributed by atoms with Crippen molar-refractivity contribution in [2.24, 2.45) is 11.7 Å². The summed E-state index contributed by atoms with van der Waals surface area (Å²) < 4.78 is 4.92. The Morgan fingerprint density at radius 3 is 2.57 bits per heavy atom. The van der Waals surface area contributed by atoms with E-state index in [4.69, 9.17) is 16.9 Å². The van der Waals surface area contributed by atoms with Crippen molar-refractivity contribution >= 4 is 5.97 Å². The summed E-state index contributed by atoms with van der Waals surface area (Å²) in [6.45, 7) is 5.82. The van der Waals surface area contributed by atoms with Gasteiger partial charge in [0.05, 0.1) is 6.61 Å². The van der Waals surface area contributed by atoms with E-state index in [1.54, 1.807) is 13.8 Å². The number of hydrogen-bond acceptors (Lipinski definition) is 3. The van der Waals surface area contributed by atoms with Crippen molar-refractivity contribution in [1.29, 1.82) is 0 Å². The summed E-state index contributed by atoms with van der Waals surface area (Å²) in [4.78, 5) is 11.6. The molecule has 0 saturated carbocycles. The minimum Gasteiger partial charge on any atom is -0.465 e. The second-order valence-electron chi connectivity index (χ2n) is 3.40. The van der Waals surface area contributed by atoms with Gasteiger partial charge in [-0.05, 0) is 20.3 Å². The zero-order valence-electron chi connectivity index (χ0n) is 9.17. The zero-order valence-corrected chi connectivity index (χ0v) is 9.17. The molecule has 0 amide bonds. The topological polar surface area (TPSA) is 52.3 Å². The third kappa shape index (κ3) is 2.74. The van der Waals surface area contributed by atoms with Crippen LogP contribution in [0.5, 0.6) is 0 Å². The first kappa shape index (κ1) is 13.0. The molecule has 0 radical (unpaired) electrons. The van der Waals surface area contributed by atoms with E-state index in [0.29, 0.717) is 13.0 Å². The number of hydrogen-bond donors (Lipinski definition) is 1. The SMILES string of the molecule is C#CC(C)C(N)(CCC)C(=O)OCC. The number of terminal acetylenes is 1. The maximum atomic E-state index is 11.6. The molecule has 0 aromatic carbocycles. The first-order valence-corrected chi connectivity index (χ1v) is 4.95. The van der Waals surface area contributed by atoms with Gasteiger partial charge in [0.15, 0.2) is 0 Å². The molecule has 0 aliphatic heterocycles. The second-order valence-corrected chi connectivity index (χ2v) is 3.40. The standard InChI is InChI=1S/C11H19NO2/c1-5-8-11(12,9(4)6-2)10(13)14-7-3/h2,9H,5,7-8,12H2,1,3-4H3. The number of ether oxygens (including phenoxy) is 1. The van der Waals surface area contributed by atoms with Crippen molar-refractivity contribution in [2.75, 3.05) is 6.61 Å². The van der Waals surface area contributed by atoms with Crippen LogP contribution in [0.4, 0.5) is 0 Å². The van der Waals surface area contributed by atoms with Crippen LogP contribution in [0.15, 0.2) is 0 Å². The van der Waals surface area contributed by atoms with Gasteiger partial charge in [0.2, 0.25) is 0 Å². The summed E-state index contributed by atoms with van der Waals surface area (Å²) in [6.07, 6.45) is 6.64. The van der Waals surface area contributed by atoms with Crippen LogP contribution >= 0.6 is 0 Å². The van der Waals surface area contributed by atoms with E-state index < -0.39 is 11.5 Å². The van der Waals surface area contributed by atoms with Gasteiger partial charge in [-0.1, -0.05) is 13.3 Å². The van der Waals surface area contributed by atoms with Crippen LogP contribution < -0.4 is 5.73 Å². The summed E-state index contributed by atoms with van der Waals surface area (Å²) >= 11 is 0. The quantitative estimate of drug-likeness (QED) is 0.534. The van der Waals surface area contributed by atoms with Gasteiger partial charge in [-0.3, -0.25) is 4.79 Å². The Kier molecular flexibility index (Phi) is 5.26. The fraction of sp³-hybridized carbons (Fsp3) is 0.727. The van der Waals surface area contributed by atoms with Crippen LogP contribution in [0.3, 0.4) is 0 Å². The van der Waals surface area contributed by atoms with Crippen LogP contribution in [-0.2, 0) is 9.53 Å². The van der Waals surface area contributed by atoms with Gasteiger partial charge in [0.1, 0.15) is 5.54 Å². The summed E-state index contributed by atoms with van der Waals surface area (Å²) in [5.74, 6) is 1.80. The highest BCUT2D eigenvalue weighted by Gasteiger charge is 2.39. The Bertz CT molecular complexity index is 232. The van der Waals surface area contributed by atoms with E-state index in [2.05, 4.69) is 5.92 Å². The molecule has 0 rings (SSSR count). The molecular formula is C11H19NO2. The van der Waals surface area contributed by atoms with Crippen molar-refractivity contribution in [2.45, 2.75) is 39.2 Å².